The van der Waals surface area contributed by atoms with E-state index in [0.29, 0.717) is 5.76 Å². The number of aromatic nitrogens is 1. The molecule has 1 heterocycles. The first-order chi connectivity index (χ1) is 7.75. The molecule has 4 nitrogen and oxygen atoms in total. The van der Waals surface area contributed by atoms with Crippen molar-refractivity contribution in [3.8, 4) is 0 Å². The Balaban J connectivity index is 2.15. The predicted octanol–water partition coefficient (Wildman–Crippen LogP) is 1.21. The van der Waals surface area contributed by atoms with Crippen molar-refractivity contribution < 1.29 is 14.3 Å². The van der Waals surface area contributed by atoms with E-state index in [0.717, 1.165) is 5.56 Å². The zero-order chi connectivity index (χ0) is 11.4. The van der Waals surface area contributed by atoms with Gasteiger partial charge in [-0.3, -0.25) is 0 Å². The van der Waals surface area contributed by atoms with Crippen LogP contribution in [0.5, 0.6) is 0 Å². The highest BCUT2D eigenvalue weighted by molar-refractivity contribution is 5.80. The maximum absolute atomic E-state index is 10.4. The minimum atomic E-state index is -1.42. The van der Waals surface area contributed by atoms with Crippen LogP contribution in [0.15, 0.2) is 40.9 Å². The van der Waals surface area contributed by atoms with Gasteiger partial charge in [-0.15, -0.1) is 0 Å². The van der Waals surface area contributed by atoms with Gasteiger partial charge in [0.15, 0.2) is 0 Å². The molecule has 0 amide bonds. The van der Waals surface area contributed by atoms with E-state index in [2.05, 4.69) is 4.98 Å². The number of hydrogen-bond acceptors (Lipinski definition) is 4. The van der Waals surface area contributed by atoms with Crippen LogP contribution in [-0.4, -0.2) is 11.0 Å². The summed E-state index contributed by atoms with van der Waals surface area (Å²) in [7, 11) is 0. The first-order valence-electron chi connectivity index (χ1n) is 4.66. The van der Waals surface area contributed by atoms with E-state index in [4.69, 9.17) is 4.42 Å². The molecule has 0 aliphatic heterocycles. The van der Waals surface area contributed by atoms with Crippen LogP contribution in [-0.2, 0) is 0 Å². The molecule has 2 rings (SSSR count). The molecule has 0 fully saturated rings. The molecule has 80 valence electrons. The standard InChI is InChI=1S/C12H9NO3/c14-12(15)11-13-8-10(16-11)7-6-9-4-2-1-3-5-9/h1-8H,(H,14,15)/p-1/b7-6+. The van der Waals surface area contributed by atoms with Crippen molar-refractivity contribution in [1.29, 1.82) is 0 Å². The second-order valence-corrected chi connectivity index (χ2v) is 3.10. The lowest BCUT2D eigenvalue weighted by molar-refractivity contribution is -0.257. The van der Waals surface area contributed by atoms with Gasteiger partial charge in [-0.1, -0.05) is 36.4 Å². The predicted molar refractivity (Wildman–Crippen MR) is 56.2 cm³/mol. The van der Waals surface area contributed by atoms with E-state index in [9.17, 15) is 9.90 Å². The summed E-state index contributed by atoms with van der Waals surface area (Å²) in [4.78, 5) is 13.9. The van der Waals surface area contributed by atoms with E-state index >= 15 is 0 Å². The zero-order valence-electron chi connectivity index (χ0n) is 8.29. The summed E-state index contributed by atoms with van der Waals surface area (Å²) in [6.45, 7) is 0. The Morgan fingerprint density at radius 2 is 2.00 bits per heavy atom. The summed E-state index contributed by atoms with van der Waals surface area (Å²) in [5.41, 5.74) is 0.994. The minimum Gasteiger partial charge on any atom is -0.540 e. The number of benzene rings is 1. The fourth-order valence-electron chi connectivity index (χ4n) is 1.20. The molecule has 0 aliphatic rings. The Bertz CT molecular complexity index is 514. The molecule has 16 heavy (non-hydrogen) atoms. The lowest BCUT2D eigenvalue weighted by Crippen LogP contribution is -2.22. The Hall–Kier alpha value is -2.36. The van der Waals surface area contributed by atoms with Gasteiger partial charge >= 0.3 is 0 Å². The maximum atomic E-state index is 10.4. The normalized spacial score (nSPS) is 10.8. The Morgan fingerprint density at radius 3 is 2.62 bits per heavy atom. The third kappa shape index (κ3) is 2.36. The van der Waals surface area contributed by atoms with Crippen LogP contribution in [0.1, 0.15) is 22.0 Å². The van der Waals surface area contributed by atoms with Crippen LogP contribution >= 0.6 is 0 Å². The van der Waals surface area contributed by atoms with Crippen LogP contribution in [0.25, 0.3) is 12.2 Å². The van der Waals surface area contributed by atoms with Crippen LogP contribution in [0.2, 0.25) is 0 Å². The van der Waals surface area contributed by atoms with Gasteiger partial charge in [-0.05, 0) is 11.6 Å². The zero-order valence-corrected chi connectivity index (χ0v) is 8.29. The largest absolute Gasteiger partial charge is 0.540 e. The number of carboxylic acid groups (broad SMARTS) is 1. The SMILES string of the molecule is O=C([O-])c1ncc(/C=C/c2ccccc2)o1. The molecule has 0 unspecified atom stereocenters. The van der Waals surface area contributed by atoms with Crippen molar-refractivity contribution in [2.45, 2.75) is 0 Å². The summed E-state index contributed by atoms with van der Waals surface area (Å²) in [6.07, 6.45) is 4.79. The molecule has 1 aromatic carbocycles. The van der Waals surface area contributed by atoms with E-state index in [1.807, 2.05) is 30.3 Å². The number of carbonyl (C=O) groups is 1. The Morgan fingerprint density at radius 1 is 1.25 bits per heavy atom. The van der Waals surface area contributed by atoms with Crippen LogP contribution in [0.4, 0.5) is 0 Å². The quantitative estimate of drug-likeness (QED) is 0.770. The number of carbonyl (C=O) groups excluding carboxylic acids is 1. The molecule has 4 heteroatoms. The highest BCUT2D eigenvalue weighted by Gasteiger charge is 2.00. The van der Waals surface area contributed by atoms with Crippen molar-refractivity contribution in [3.05, 3.63) is 53.7 Å². The highest BCUT2D eigenvalue weighted by Crippen LogP contribution is 2.09. The van der Waals surface area contributed by atoms with Crippen molar-refractivity contribution >= 4 is 18.1 Å². The number of nitrogens with zero attached hydrogens (tertiary/aromatic N) is 1. The number of oxazole rings is 1. The van der Waals surface area contributed by atoms with Gasteiger partial charge in [0, 0.05) is 0 Å². The summed E-state index contributed by atoms with van der Waals surface area (Å²) in [6, 6.07) is 9.58. The molecule has 0 saturated carbocycles. The van der Waals surface area contributed by atoms with E-state index in [-0.39, 0.29) is 0 Å². The lowest BCUT2D eigenvalue weighted by Gasteiger charge is -1.92. The summed E-state index contributed by atoms with van der Waals surface area (Å²) < 4.78 is 4.91. The van der Waals surface area contributed by atoms with Gasteiger partial charge < -0.3 is 14.3 Å². The van der Waals surface area contributed by atoms with E-state index in [1.54, 1.807) is 12.2 Å². The second kappa shape index (κ2) is 4.44. The monoisotopic (exact) mass is 214 g/mol. The van der Waals surface area contributed by atoms with Gasteiger partial charge in [-0.25, -0.2) is 4.98 Å². The fraction of sp³-hybridized carbons (Fsp3) is 0. The first-order valence-corrected chi connectivity index (χ1v) is 4.66. The summed E-state index contributed by atoms with van der Waals surface area (Å²) in [5.74, 6) is -1.45. The Kier molecular flexibility index (Phi) is 2.82. The summed E-state index contributed by atoms with van der Waals surface area (Å²) in [5, 5.41) is 10.4. The summed E-state index contributed by atoms with van der Waals surface area (Å²) >= 11 is 0. The average molecular weight is 214 g/mol. The minimum absolute atomic E-state index is 0.378. The average Bonchev–Trinajstić information content (AvgIpc) is 2.76. The van der Waals surface area contributed by atoms with Crippen molar-refractivity contribution in [1.82, 2.24) is 4.98 Å². The van der Waals surface area contributed by atoms with Gasteiger partial charge in [0.25, 0.3) is 0 Å². The molecule has 1 aromatic heterocycles. The molecule has 2 aromatic rings. The molecular weight excluding hydrogens is 206 g/mol. The third-order valence-electron chi connectivity index (χ3n) is 1.94. The molecule has 0 bridgehead atoms. The highest BCUT2D eigenvalue weighted by atomic mass is 16.4. The number of carboxylic acids is 1. The third-order valence-corrected chi connectivity index (χ3v) is 1.94. The molecule has 0 aliphatic carbocycles. The topological polar surface area (TPSA) is 66.2 Å². The lowest BCUT2D eigenvalue weighted by atomic mass is 10.2. The molecular formula is C12H8NO3-. The van der Waals surface area contributed by atoms with Gasteiger partial charge in [-0.2, -0.15) is 0 Å². The molecule has 0 atom stereocenters. The number of hydrogen-bond donors (Lipinski definition) is 0. The second-order valence-electron chi connectivity index (χ2n) is 3.10. The van der Waals surface area contributed by atoms with Crippen LogP contribution in [0, 0.1) is 0 Å². The van der Waals surface area contributed by atoms with Crippen LogP contribution in [0.3, 0.4) is 0 Å². The van der Waals surface area contributed by atoms with Crippen molar-refractivity contribution in [3.63, 3.8) is 0 Å². The van der Waals surface area contributed by atoms with E-state index < -0.39 is 11.9 Å². The first kappa shape index (κ1) is 10.2. The molecule has 0 saturated heterocycles. The van der Waals surface area contributed by atoms with Crippen LogP contribution < -0.4 is 5.11 Å². The van der Waals surface area contributed by atoms with Gasteiger partial charge in [0.1, 0.15) is 11.7 Å². The number of aromatic carboxylic acids is 1. The van der Waals surface area contributed by atoms with Crippen molar-refractivity contribution in [2.75, 3.05) is 0 Å². The fourth-order valence-corrected chi connectivity index (χ4v) is 1.20. The maximum Gasteiger partial charge on any atom is 0.242 e. The van der Waals surface area contributed by atoms with Crippen molar-refractivity contribution in [2.24, 2.45) is 0 Å². The van der Waals surface area contributed by atoms with Gasteiger partial charge in [0.2, 0.25) is 5.89 Å². The molecule has 0 radical (unpaired) electrons. The number of rotatable bonds is 3. The van der Waals surface area contributed by atoms with Gasteiger partial charge in [0.05, 0.1) is 6.20 Å². The van der Waals surface area contributed by atoms with E-state index in [1.165, 1.54) is 6.20 Å². The smallest absolute Gasteiger partial charge is 0.242 e. The Labute approximate surface area is 91.9 Å². The molecule has 0 spiro atoms. The molecule has 0 N–H and O–H groups in total.